The highest BCUT2D eigenvalue weighted by Gasteiger charge is 2.14. The summed E-state index contributed by atoms with van der Waals surface area (Å²) >= 11 is 0. The molecular weight excluding hydrogens is 482 g/mol. The van der Waals surface area contributed by atoms with Gasteiger partial charge in [0.2, 0.25) is 5.91 Å². The Morgan fingerprint density at radius 2 is 1.55 bits per heavy atom. The second kappa shape index (κ2) is 12.6. The van der Waals surface area contributed by atoms with Gasteiger partial charge >= 0.3 is 12.0 Å². The van der Waals surface area contributed by atoms with Crippen molar-refractivity contribution in [2.75, 3.05) is 23.1 Å². The average Bonchev–Trinajstić information content (AvgIpc) is 2.85. The van der Waals surface area contributed by atoms with Gasteiger partial charge in [0.05, 0.1) is 19.2 Å². The quantitative estimate of drug-likeness (QED) is 0.245. The third-order valence-corrected chi connectivity index (χ3v) is 5.29. The molecule has 0 radical (unpaired) electrons. The third-order valence-electron chi connectivity index (χ3n) is 5.29. The topological polar surface area (TPSA) is 106 Å². The Hall–Kier alpha value is -4.59. The van der Waals surface area contributed by atoms with E-state index < -0.39 is 17.6 Å². The number of methoxy groups -OCH3 is 1. The van der Waals surface area contributed by atoms with E-state index in [9.17, 15) is 14.4 Å². The highest BCUT2D eigenvalue weighted by molar-refractivity contribution is 6.01. The Morgan fingerprint density at radius 1 is 0.868 bits per heavy atom. The lowest BCUT2D eigenvalue weighted by Gasteiger charge is -2.17. The summed E-state index contributed by atoms with van der Waals surface area (Å²) in [6, 6.07) is 19.4. The van der Waals surface area contributed by atoms with Gasteiger partial charge < -0.3 is 25.4 Å². The molecule has 0 saturated carbocycles. The summed E-state index contributed by atoms with van der Waals surface area (Å²) in [4.78, 5) is 36.9. The van der Waals surface area contributed by atoms with Crippen molar-refractivity contribution in [3.8, 4) is 5.75 Å². The van der Waals surface area contributed by atoms with Gasteiger partial charge in [-0.2, -0.15) is 0 Å². The van der Waals surface area contributed by atoms with Crippen molar-refractivity contribution >= 4 is 41.0 Å². The largest absolute Gasteiger partial charge is 0.495 e. The number of para-hydroxylation sites is 1. The fourth-order valence-corrected chi connectivity index (χ4v) is 3.51. The zero-order valence-corrected chi connectivity index (χ0v) is 22.3. The maximum Gasteiger partial charge on any atom is 0.331 e. The van der Waals surface area contributed by atoms with E-state index in [0.717, 1.165) is 16.7 Å². The number of ether oxygens (including phenoxy) is 2. The van der Waals surface area contributed by atoms with Crippen LogP contribution in [-0.2, 0) is 20.7 Å². The first-order valence-corrected chi connectivity index (χ1v) is 12.1. The van der Waals surface area contributed by atoms with Gasteiger partial charge in [-0.05, 0) is 80.8 Å². The molecule has 38 heavy (non-hydrogen) atoms. The minimum absolute atomic E-state index is 0.117. The molecule has 0 aliphatic heterocycles. The molecule has 8 heteroatoms. The van der Waals surface area contributed by atoms with E-state index in [-0.39, 0.29) is 12.3 Å². The number of benzene rings is 3. The number of hydrogen-bond acceptors (Lipinski definition) is 5. The molecule has 0 unspecified atom stereocenters. The normalized spacial score (nSPS) is 11.1. The average molecular weight is 516 g/mol. The van der Waals surface area contributed by atoms with Crippen LogP contribution in [-0.4, -0.2) is 30.6 Å². The summed E-state index contributed by atoms with van der Waals surface area (Å²) < 4.78 is 10.7. The van der Waals surface area contributed by atoms with E-state index in [0.29, 0.717) is 22.8 Å². The highest BCUT2D eigenvalue weighted by atomic mass is 16.6. The standard InChI is InChI=1S/C30H33N3O5/c1-20-8-6-7-9-24(20)32-29(36)33-25-16-12-22(18-26(25)37-5)19-27(34)31-23-14-10-21(11-15-23)13-17-28(35)38-30(2,3)4/h6-18H,19H2,1-5H3,(H,31,34)(H2,32,33,36). The van der Waals surface area contributed by atoms with Crippen LogP contribution in [0.15, 0.2) is 72.8 Å². The maximum atomic E-state index is 12.6. The van der Waals surface area contributed by atoms with Gasteiger partial charge in [-0.3, -0.25) is 4.79 Å². The summed E-state index contributed by atoms with van der Waals surface area (Å²) in [5.41, 5.74) is 3.74. The van der Waals surface area contributed by atoms with E-state index in [1.54, 1.807) is 48.5 Å². The molecule has 0 saturated heterocycles. The lowest BCUT2D eigenvalue weighted by atomic mass is 10.1. The second-order valence-corrected chi connectivity index (χ2v) is 9.64. The predicted molar refractivity (Wildman–Crippen MR) is 150 cm³/mol. The molecule has 0 aliphatic rings. The van der Waals surface area contributed by atoms with Crippen LogP contribution in [0.3, 0.4) is 0 Å². The first kappa shape index (κ1) is 28.0. The number of rotatable bonds is 8. The third kappa shape index (κ3) is 8.81. The molecule has 0 spiro atoms. The molecule has 8 nitrogen and oxygen atoms in total. The van der Waals surface area contributed by atoms with E-state index >= 15 is 0 Å². The lowest BCUT2D eigenvalue weighted by molar-refractivity contribution is -0.148. The number of carbonyl (C=O) groups excluding carboxylic acids is 3. The van der Waals surface area contributed by atoms with Crippen LogP contribution in [0, 0.1) is 6.92 Å². The summed E-state index contributed by atoms with van der Waals surface area (Å²) in [5.74, 6) is -0.183. The fourth-order valence-electron chi connectivity index (χ4n) is 3.51. The Balaban J connectivity index is 1.56. The number of hydrogen-bond donors (Lipinski definition) is 3. The summed E-state index contributed by atoms with van der Waals surface area (Å²) in [5, 5.41) is 8.45. The van der Waals surface area contributed by atoms with Crippen LogP contribution >= 0.6 is 0 Å². The van der Waals surface area contributed by atoms with Crippen molar-refractivity contribution in [3.63, 3.8) is 0 Å². The summed E-state index contributed by atoms with van der Waals surface area (Å²) in [6.45, 7) is 7.34. The van der Waals surface area contributed by atoms with Crippen molar-refractivity contribution in [2.24, 2.45) is 0 Å². The van der Waals surface area contributed by atoms with Gasteiger partial charge in [0.1, 0.15) is 11.4 Å². The molecule has 3 rings (SSSR count). The zero-order valence-electron chi connectivity index (χ0n) is 22.3. The number of esters is 1. The van der Waals surface area contributed by atoms with Gasteiger partial charge in [-0.25, -0.2) is 9.59 Å². The highest BCUT2D eigenvalue weighted by Crippen LogP contribution is 2.26. The molecule has 198 valence electrons. The minimum Gasteiger partial charge on any atom is -0.495 e. The van der Waals surface area contributed by atoms with Crippen LogP contribution in [0.5, 0.6) is 5.75 Å². The number of nitrogens with one attached hydrogen (secondary N) is 3. The Morgan fingerprint density at radius 3 is 2.21 bits per heavy atom. The van der Waals surface area contributed by atoms with Crippen LogP contribution in [0.2, 0.25) is 0 Å². The number of urea groups is 1. The fraction of sp³-hybridized carbons (Fsp3) is 0.233. The van der Waals surface area contributed by atoms with Gasteiger partial charge in [-0.15, -0.1) is 0 Å². The number of carbonyl (C=O) groups is 3. The van der Waals surface area contributed by atoms with Gasteiger partial charge in [0, 0.05) is 17.5 Å². The second-order valence-electron chi connectivity index (χ2n) is 9.64. The first-order valence-electron chi connectivity index (χ1n) is 12.1. The molecule has 3 N–H and O–H groups in total. The Bertz CT molecular complexity index is 1320. The number of amides is 3. The van der Waals surface area contributed by atoms with Gasteiger partial charge in [0.25, 0.3) is 0 Å². The van der Waals surface area contributed by atoms with Crippen LogP contribution in [0.25, 0.3) is 6.08 Å². The maximum absolute atomic E-state index is 12.6. The lowest BCUT2D eigenvalue weighted by Crippen LogP contribution is -2.22. The molecule has 0 fully saturated rings. The van der Waals surface area contributed by atoms with Gasteiger partial charge in [0.15, 0.2) is 0 Å². The molecule has 0 aliphatic carbocycles. The predicted octanol–water partition coefficient (Wildman–Crippen LogP) is 6.18. The van der Waals surface area contributed by atoms with Crippen molar-refractivity contribution in [1.82, 2.24) is 0 Å². The molecule has 0 heterocycles. The van der Waals surface area contributed by atoms with E-state index in [2.05, 4.69) is 16.0 Å². The van der Waals surface area contributed by atoms with Crippen LogP contribution in [0.1, 0.15) is 37.5 Å². The van der Waals surface area contributed by atoms with Crippen LogP contribution < -0.4 is 20.7 Å². The molecule has 3 aromatic carbocycles. The molecule has 0 aromatic heterocycles. The minimum atomic E-state index is -0.549. The SMILES string of the molecule is COc1cc(CC(=O)Nc2ccc(C=CC(=O)OC(C)(C)C)cc2)ccc1NC(=O)Nc1ccccc1C. The van der Waals surface area contributed by atoms with E-state index in [4.69, 9.17) is 9.47 Å². The van der Waals surface area contributed by atoms with Gasteiger partial charge in [-0.1, -0.05) is 36.4 Å². The summed E-state index contributed by atoms with van der Waals surface area (Å²) in [7, 11) is 1.50. The van der Waals surface area contributed by atoms with E-state index in [1.807, 2.05) is 52.0 Å². The number of aryl methyl sites for hydroxylation is 1. The zero-order chi connectivity index (χ0) is 27.7. The monoisotopic (exact) mass is 515 g/mol. The molecule has 3 aromatic rings. The van der Waals surface area contributed by atoms with Crippen molar-refractivity contribution in [2.45, 2.75) is 39.7 Å². The molecule has 0 bridgehead atoms. The van der Waals surface area contributed by atoms with Crippen molar-refractivity contribution in [1.29, 1.82) is 0 Å². The Labute approximate surface area is 223 Å². The van der Waals surface area contributed by atoms with Crippen molar-refractivity contribution < 1.29 is 23.9 Å². The molecular formula is C30H33N3O5. The summed E-state index contributed by atoms with van der Waals surface area (Å²) in [6.07, 6.45) is 3.15. The smallest absolute Gasteiger partial charge is 0.331 e. The molecule has 0 atom stereocenters. The van der Waals surface area contributed by atoms with E-state index in [1.165, 1.54) is 13.2 Å². The first-order chi connectivity index (χ1) is 18.0. The Kier molecular flexibility index (Phi) is 9.27. The number of anilines is 3. The van der Waals surface area contributed by atoms with Crippen molar-refractivity contribution in [3.05, 3.63) is 89.5 Å². The van der Waals surface area contributed by atoms with Crippen LogP contribution in [0.4, 0.5) is 21.9 Å². The molecule has 3 amide bonds.